The topological polar surface area (TPSA) is 99.7 Å². The lowest BCUT2D eigenvalue weighted by Crippen LogP contribution is -2.45. The van der Waals surface area contributed by atoms with Gasteiger partial charge in [0.25, 0.3) is 0 Å². The predicted molar refractivity (Wildman–Crippen MR) is 116 cm³/mol. The number of rotatable bonds is 4. The second-order valence-corrected chi connectivity index (χ2v) is 10.2. The Kier molecular flexibility index (Phi) is 6.32. The molecular formula is C22H28N4O4S. The van der Waals surface area contributed by atoms with E-state index in [4.69, 9.17) is 9.15 Å². The number of nitrogens with zero attached hydrogens (tertiary/aromatic N) is 4. The van der Waals surface area contributed by atoms with Gasteiger partial charge >= 0.3 is 0 Å². The van der Waals surface area contributed by atoms with Crippen LogP contribution in [0.15, 0.2) is 33.6 Å². The molecule has 0 aliphatic carbocycles. The molecule has 31 heavy (non-hydrogen) atoms. The van der Waals surface area contributed by atoms with Gasteiger partial charge in [0.1, 0.15) is 6.07 Å². The number of nitriles is 1. The molecule has 1 aromatic heterocycles. The van der Waals surface area contributed by atoms with E-state index in [0.29, 0.717) is 43.5 Å². The van der Waals surface area contributed by atoms with E-state index >= 15 is 0 Å². The molecule has 2 aliphatic rings. The van der Waals surface area contributed by atoms with Crippen molar-refractivity contribution in [1.82, 2.24) is 9.29 Å². The first-order chi connectivity index (χ1) is 14.9. The van der Waals surface area contributed by atoms with Gasteiger partial charge in [0, 0.05) is 31.7 Å². The van der Waals surface area contributed by atoms with Crippen LogP contribution in [0.3, 0.4) is 0 Å². The minimum absolute atomic E-state index is 0.0207. The van der Waals surface area contributed by atoms with E-state index in [-0.39, 0.29) is 22.8 Å². The summed E-state index contributed by atoms with van der Waals surface area (Å²) < 4.78 is 39.3. The Morgan fingerprint density at radius 1 is 1.03 bits per heavy atom. The van der Waals surface area contributed by atoms with Crippen LogP contribution in [0.25, 0.3) is 11.5 Å². The standard InChI is InChI=1S/C22H28N4O4S/c1-16-14-25(15-17(2)29-16)22-20(13-23)24-21(30-22)18-7-9-19(10-8-18)31(27,28)26-11-5-3-4-6-12-26/h7-10,16-17H,3-6,11-12,14-15H2,1-2H3/t16-,17+. The molecule has 166 valence electrons. The lowest BCUT2D eigenvalue weighted by atomic mass is 10.2. The molecule has 0 spiro atoms. The van der Waals surface area contributed by atoms with Crippen LogP contribution in [0.4, 0.5) is 5.88 Å². The van der Waals surface area contributed by atoms with Gasteiger partial charge in [-0.1, -0.05) is 12.8 Å². The molecule has 4 rings (SSSR count). The van der Waals surface area contributed by atoms with E-state index in [1.165, 1.54) is 0 Å². The van der Waals surface area contributed by atoms with Crippen molar-refractivity contribution in [2.24, 2.45) is 0 Å². The zero-order valence-electron chi connectivity index (χ0n) is 18.0. The third-order valence-electron chi connectivity index (χ3n) is 5.73. The van der Waals surface area contributed by atoms with Gasteiger partial charge in [0.05, 0.1) is 17.1 Å². The molecule has 2 aromatic rings. The Labute approximate surface area is 183 Å². The average Bonchev–Trinajstić information content (AvgIpc) is 2.98. The molecular weight excluding hydrogens is 416 g/mol. The summed E-state index contributed by atoms with van der Waals surface area (Å²) in [7, 11) is -3.51. The van der Waals surface area contributed by atoms with E-state index in [2.05, 4.69) is 11.1 Å². The summed E-state index contributed by atoms with van der Waals surface area (Å²) in [5.41, 5.74) is 0.851. The van der Waals surface area contributed by atoms with Crippen LogP contribution in [0, 0.1) is 11.3 Å². The molecule has 2 saturated heterocycles. The number of aromatic nitrogens is 1. The van der Waals surface area contributed by atoms with Gasteiger partial charge in [0.2, 0.25) is 27.5 Å². The normalized spacial score (nSPS) is 23.3. The van der Waals surface area contributed by atoms with Crippen LogP contribution in [0.5, 0.6) is 0 Å². The van der Waals surface area contributed by atoms with E-state index in [0.717, 1.165) is 25.7 Å². The first-order valence-electron chi connectivity index (χ1n) is 10.8. The number of benzene rings is 1. The molecule has 3 heterocycles. The van der Waals surface area contributed by atoms with Crippen molar-refractivity contribution in [3.63, 3.8) is 0 Å². The van der Waals surface area contributed by atoms with Crippen molar-refractivity contribution in [3.05, 3.63) is 30.0 Å². The predicted octanol–water partition coefficient (Wildman–Crippen LogP) is 3.39. The first kappa shape index (κ1) is 21.8. The second kappa shape index (κ2) is 8.99. The maximum Gasteiger partial charge on any atom is 0.243 e. The minimum Gasteiger partial charge on any atom is -0.419 e. The third-order valence-corrected chi connectivity index (χ3v) is 7.64. The van der Waals surface area contributed by atoms with Crippen LogP contribution in [0.2, 0.25) is 0 Å². The molecule has 0 saturated carbocycles. The van der Waals surface area contributed by atoms with Gasteiger partial charge in [-0.2, -0.15) is 14.6 Å². The minimum atomic E-state index is -3.51. The van der Waals surface area contributed by atoms with E-state index in [1.807, 2.05) is 18.7 Å². The van der Waals surface area contributed by atoms with Crippen molar-refractivity contribution in [3.8, 4) is 17.5 Å². The molecule has 1 aromatic carbocycles. The van der Waals surface area contributed by atoms with Crippen LogP contribution in [-0.2, 0) is 14.8 Å². The van der Waals surface area contributed by atoms with Crippen molar-refractivity contribution < 1.29 is 17.6 Å². The van der Waals surface area contributed by atoms with Crippen molar-refractivity contribution >= 4 is 15.9 Å². The Hall–Kier alpha value is -2.41. The number of anilines is 1. The maximum absolute atomic E-state index is 13.0. The summed E-state index contributed by atoms with van der Waals surface area (Å²) >= 11 is 0. The average molecular weight is 445 g/mol. The van der Waals surface area contributed by atoms with Gasteiger partial charge in [-0.25, -0.2) is 8.42 Å². The Morgan fingerprint density at radius 2 is 1.65 bits per heavy atom. The van der Waals surface area contributed by atoms with Gasteiger partial charge in [-0.3, -0.25) is 0 Å². The SMILES string of the molecule is C[C@@H]1CN(c2oc(-c3ccc(S(=O)(=O)N4CCCCCC4)cc3)nc2C#N)C[C@H](C)O1. The van der Waals surface area contributed by atoms with Crippen LogP contribution >= 0.6 is 0 Å². The van der Waals surface area contributed by atoms with Crippen LogP contribution < -0.4 is 4.90 Å². The Morgan fingerprint density at radius 3 is 2.23 bits per heavy atom. The Bertz CT molecular complexity index is 1040. The number of ether oxygens (including phenoxy) is 1. The zero-order valence-corrected chi connectivity index (χ0v) is 18.8. The molecule has 0 unspecified atom stereocenters. The molecule has 2 fully saturated rings. The monoisotopic (exact) mass is 444 g/mol. The molecule has 8 nitrogen and oxygen atoms in total. The highest BCUT2D eigenvalue weighted by molar-refractivity contribution is 7.89. The highest BCUT2D eigenvalue weighted by atomic mass is 32.2. The summed E-state index contributed by atoms with van der Waals surface area (Å²) in [5.74, 6) is 0.734. The summed E-state index contributed by atoms with van der Waals surface area (Å²) in [4.78, 5) is 6.59. The largest absolute Gasteiger partial charge is 0.419 e. The fourth-order valence-electron chi connectivity index (χ4n) is 4.27. The number of hydrogen-bond donors (Lipinski definition) is 0. The van der Waals surface area contributed by atoms with E-state index in [9.17, 15) is 13.7 Å². The molecule has 0 radical (unpaired) electrons. The number of sulfonamides is 1. The van der Waals surface area contributed by atoms with Gasteiger partial charge in [-0.05, 0) is 51.0 Å². The summed E-state index contributed by atoms with van der Waals surface area (Å²) in [6.07, 6.45) is 3.97. The number of oxazole rings is 1. The summed E-state index contributed by atoms with van der Waals surface area (Å²) in [6.45, 7) is 6.32. The molecule has 9 heteroatoms. The number of morpholine rings is 1. The van der Waals surface area contributed by atoms with E-state index in [1.54, 1.807) is 28.6 Å². The third kappa shape index (κ3) is 4.61. The fraction of sp³-hybridized carbons (Fsp3) is 0.545. The molecule has 0 bridgehead atoms. The van der Waals surface area contributed by atoms with E-state index < -0.39 is 10.0 Å². The molecule has 2 aliphatic heterocycles. The fourth-order valence-corrected chi connectivity index (χ4v) is 5.78. The van der Waals surface area contributed by atoms with Crippen molar-refractivity contribution in [2.45, 2.75) is 56.6 Å². The van der Waals surface area contributed by atoms with Crippen molar-refractivity contribution in [2.75, 3.05) is 31.1 Å². The zero-order chi connectivity index (χ0) is 22.0. The smallest absolute Gasteiger partial charge is 0.243 e. The first-order valence-corrected chi connectivity index (χ1v) is 12.2. The van der Waals surface area contributed by atoms with Gasteiger partial charge < -0.3 is 14.1 Å². The van der Waals surface area contributed by atoms with Gasteiger partial charge in [0.15, 0.2) is 0 Å². The quantitative estimate of drug-likeness (QED) is 0.712. The van der Waals surface area contributed by atoms with Gasteiger partial charge in [-0.15, -0.1) is 0 Å². The molecule has 0 N–H and O–H groups in total. The molecule has 2 atom stereocenters. The van der Waals surface area contributed by atoms with Crippen molar-refractivity contribution in [1.29, 1.82) is 5.26 Å². The lowest BCUT2D eigenvalue weighted by molar-refractivity contribution is -0.00638. The molecule has 0 amide bonds. The lowest BCUT2D eigenvalue weighted by Gasteiger charge is -2.34. The summed E-state index contributed by atoms with van der Waals surface area (Å²) in [5, 5.41) is 9.54. The maximum atomic E-state index is 13.0. The highest BCUT2D eigenvalue weighted by Crippen LogP contribution is 2.31. The second-order valence-electron chi connectivity index (χ2n) is 8.29. The number of hydrogen-bond acceptors (Lipinski definition) is 7. The Balaban J connectivity index is 1.58. The summed E-state index contributed by atoms with van der Waals surface area (Å²) in [6, 6.07) is 8.66. The highest BCUT2D eigenvalue weighted by Gasteiger charge is 2.29. The van der Waals surface area contributed by atoms with Crippen LogP contribution in [0.1, 0.15) is 45.2 Å². The van der Waals surface area contributed by atoms with Crippen LogP contribution in [-0.4, -0.2) is 56.1 Å².